The van der Waals surface area contributed by atoms with Gasteiger partial charge in [0.1, 0.15) is 24.1 Å². The number of amides is 1. The zero-order chi connectivity index (χ0) is 23.8. The van der Waals surface area contributed by atoms with Gasteiger partial charge in [0.15, 0.2) is 11.5 Å². The number of methoxy groups -OCH3 is 1. The lowest BCUT2D eigenvalue weighted by Gasteiger charge is -2.15. The van der Waals surface area contributed by atoms with Gasteiger partial charge in [-0.15, -0.1) is 0 Å². The molecule has 0 aliphatic heterocycles. The summed E-state index contributed by atoms with van der Waals surface area (Å²) >= 11 is 6.38. The van der Waals surface area contributed by atoms with Gasteiger partial charge in [0, 0.05) is 5.56 Å². The number of benzene rings is 3. The molecule has 33 heavy (non-hydrogen) atoms. The van der Waals surface area contributed by atoms with Crippen molar-refractivity contribution < 1.29 is 18.7 Å². The second-order valence-corrected chi connectivity index (χ2v) is 7.60. The predicted molar refractivity (Wildman–Crippen MR) is 125 cm³/mol. The van der Waals surface area contributed by atoms with Crippen LogP contribution in [0.3, 0.4) is 0 Å². The maximum Gasteiger partial charge on any atom is 0.262 e. The van der Waals surface area contributed by atoms with E-state index in [0.717, 1.165) is 5.56 Å². The zero-order valence-electron chi connectivity index (χ0n) is 18.1. The molecule has 5 nitrogen and oxygen atoms in total. The highest BCUT2D eigenvalue weighted by molar-refractivity contribution is 6.32. The van der Waals surface area contributed by atoms with Gasteiger partial charge >= 0.3 is 0 Å². The molecule has 0 saturated carbocycles. The van der Waals surface area contributed by atoms with E-state index in [1.165, 1.54) is 19.3 Å². The summed E-state index contributed by atoms with van der Waals surface area (Å²) in [6, 6.07) is 20.5. The van der Waals surface area contributed by atoms with Gasteiger partial charge in [0.25, 0.3) is 5.91 Å². The minimum absolute atomic E-state index is 0.0405. The van der Waals surface area contributed by atoms with Crippen molar-refractivity contribution in [2.75, 3.05) is 7.11 Å². The van der Waals surface area contributed by atoms with Crippen molar-refractivity contribution in [3.8, 4) is 17.6 Å². The van der Waals surface area contributed by atoms with Crippen molar-refractivity contribution in [2.24, 2.45) is 0 Å². The van der Waals surface area contributed by atoms with Crippen LogP contribution < -0.4 is 14.8 Å². The first-order valence-corrected chi connectivity index (χ1v) is 10.5. The fourth-order valence-electron chi connectivity index (χ4n) is 3.14. The van der Waals surface area contributed by atoms with Gasteiger partial charge in [0.2, 0.25) is 0 Å². The van der Waals surface area contributed by atoms with Crippen molar-refractivity contribution in [1.29, 1.82) is 5.26 Å². The Labute approximate surface area is 197 Å². The van der Waals surface area contributed by atoms with Crippen molar-refractivity contribution in [1.82, 2.24) is 5.32 Å². The summed E-state index contributed by atoms with van der Waals surface area (Å²) in [7, 11) is 1.44. The molecule has 0 saturated heterocycles. The van der Waals surface area contributed by atoms with E-state index >= 15 is 0 Å². The van der Waals surface area contributed by atoms with Crippen LogP contribution in [0.25, 0.3) is 6.08 Å². The molecule has 3 aromatic carbocycles. The highest BCUT2D eigenvalue weighted by Crippen LogP contribution is 2.37. The SMILES string of the molecule is COc1cc(/C=C(/C#N)C(=O)N[C@H](C)c2ccccc2)cc(Cl)c1OCc1ccccc1F. The Morgan fingerprint density at radius 2 is 1.88 bits per heavy atom. The van der Waals surface area contributed by atoms with E-state index in [-0.39, 0.29) is 34.8 Å². The third kappa shape index (κ3) is 6.12. The molecule has 3 aromatic rings. The molecule has 0 unspecified atom stereocenters. The van der Waals surface area contributed by atoms with Gasteiger partial charge in [-0.05, 0) is 42.3 Å². The highest BCUT2D eigenvalue weighted by Gasteiger charge is 2.16. The summed E-state index contributed by atoms with van der Waals surface area (Å²) in [4.78, 5) is 12.6. The van der Waals surface area contributed by atoms with Crippen molar-refractivity contribution in [3.05, 3.63) is 99.8 Å². The Kier molecular flexibility index (Phi) is 8.06. The standard InChI is InChI=1S/C26H22ClFN2O3/c1-17(19-8-4-3-5-9-19)30-26(31)21(15-29)12-18-13-22(27)25(24(14-18)32-2)33-16-20-10-6-7-11-23(20)28/h3-14,17H,16H2,1-2H3,(H,30,31)/b21-12-/t17-/m1/s1. The number of carbonyl (C=O) groups excluding carboxylic acids is 1. The van der Waals surface area contributed by atoms with Crippen LogP contribution in [-0.4, -0.2) is 13.0 Å². The van der Waals surface area contributed by atoms with Crippen LogP contribution in [0.1, 0.15) is 29.7 Å². The normalized spacial score (nSPS) is 11.9. The molecule has 0 aliphatic carbocycles. The first-order chi connectivity index (χ1) is 15.9. The highest BCUT2D eigenvalue weighted by atomic mass is 35.5. The molecule has 0 aliphatic rings. The number of halogens is 2. The quantitative estimate of drug-likeness (QED) is 0.335. The van der Waals surface area contributed by atoms with E-state index in [2.05, 4.69) is 5.32 Å². The molecule has 1 atom stereocenters. The molecule has 0 fully saturated rings. The van der Waals surface area contributed by atoms with E-state index in [1.54, 1.807) is 30.3 Å². The van der Waals surface area contributed by atoms with Gasteiger partial charge in [0.05, 0.1) is 18.2 Å². The van der Waals surface area contributed by atoms with Gasteiger partial charge < -0.3 is 14.8 Å². The summed E-state index contributed by atoms with van der Waals surface area (Å²) in [5.74, 6) is -0.369. The number of nitrogens with one attached hydrogen (secondary N) is 1. The molecule has 0 bridgehead atoms. The number of hydrogen-bond acceptors (Lipinski definition) is 4. The first-order valence-electron chi connectivity index (χ1n) is 10.1. The minimum atomic E-state index is -0.510. The summed E-state index contributed by atoms with van der Waals surface area (Å²) in [6.07, 6.45) is 1.42. The molecular weight excluding hydrogens is 443 g/mol. The Morgan fingerprint density at radius 3 is 2.55 bits per heavy atom. The van der Waals surface area contributed by atoms with Crippen LogP contribution in [0.4, 0.5) is 4.39 Å². The van der Waals surface area contributed by atoms with Crippen LogP contribution in [0.15, 0.2) is 72.3 Å². The average molecular weight is 465 g/mol. The lowest BCUT2D eigenvalue weighted by atomic mass is 10.1. The third-order valence-corrected chi connectivity index (χ3v) is 5.19. The molecule has 0 aromatic heterocycles. The van der Waals surface area contributed by atoms with Crippen LogP contribution in [0.5, 0.6) is 11.5 Å². The monoisotopic (exact) mass is 464 g/mol. The lowest BCUT2D eigenvalue weighted by molar-refractivity contribution is -0.117. The van der Waals surface area contributed by atoms with E-state index in [9.17, 15) is 14.4 Å². The number of hydrogen-bond donors (Lipinski definition) is 1. The molecule has 0 spiro atoms. The smallest absolute Gasteiger partial charge is 0.262 e. The van der Waals surface area contributed by atoms with Crippen LogP contribution in [0.2, 0.25) is 5.02 Å². The number of ether oxygens (including phenoxy) is 2. The lowest BCUT2D eigenvalue weighted by Crippen LogP contribution is -2.27. The maximum absolute atomic E-state index is 13.9. The summed E-state index contributed by atoms with van der Waals surface area (Å²) in [5.41, 5.74) is 1.69. The molecule has 168 valence electrons. The third-order valence-electron chi connectivity index (χ3n) is 4.90. The molecule has 0 radical (unpaired) electrons. The molecular formula is C26H22ClFN2O3. The van der Waals surface area contributed by atoms with E-state index in [0.29, 0.717) is 16.9 Å². The number of carbonyl (C=O) groups is 1. The maximum atomic E-state index is 13.9. The second kappa shape index (κ2) is 11.2. The van der Waals surface area contributed by atoms with Crippen LogP contribution in [0, 0.1) is 17.1 Å². The second-order valence-electron chi connectivity index (χ2n) is 7.19. The molecule has 1 N–H and O–H groups in total. The van der Waals surface area contributed by atoms with E-state index in [4.69, 9.17) is 21.1 Å². The molecule has 1 amide bonds. The Hall–Kier alpha value is -3.82. The topological polar surface area (TPSA) is 71.3 Å². The van der Waals surface area contributed by atoms with Gasteiger partial charge in [-0.3, -0.25) is 4.79 Å². The minimum Gasteiger partial charge on any atom is -0.493 e. The number of nitriles is 1. The molecule has 0 heterocycles. The van der Waals surface area contributed by atoms with E-state index in [1.807, 2.05) is 43.3 Å². The average Bonchev–Trinajstić information content (AvgIpc) is 2.82. The summed E-state index contributed by atoms with van der Waals surface area (Å²) in [5, 5.41) is 12.5. The van der Waals surface area contributed by atoms with Crippen molar-refractivity contribution >= 4 is 23.6 Å². The Bertz CT molecular complexity index is 1210. The predicted octanol–water partition coefficient (Wildman–Crippen LogP) is 5.85. The van der Waals surface area contributed by atoms with Crippen LogP contribution >= 0.6 is 11.6 Å². The summed E-state index contributed by atoms with van der Waals surface area (Å²) < 4.78 is 24.9. The largest absolute Gasteiger partial charge is 0.493 e. The van der Waals surface area contributed by atoms with Gasteiger partial charge in [-0.1, -0.05) is 60.1 Å². The van der Waals surface area contributed by atoms with E-state index < -0.39 is 5.91 Å². The van der Waals surface area contributed by atoms with Crippen LogP contribution in [-0.2, 0) is 11.4 Å². The Balaban J connectivity index is 1.80. The van der Waals surface area contributed by atoms with Gasteiger partial charge in [-0.2, -0.15) is 5.26 Å². The zero-order valence-corrected chi connectivity index (χ0v) is 18.9. The Morgan fingerprint density at radius 1 is 1.18 bits per heavy atom. The van der Waals surface area contributed by atoms with Gasteiger partial charge in [-0.25, -0.2) is 4.39 Å². The first kappa shape index (κ1) is 23.8. The summed E-state index contributed by atoms with van der Waals surface area (Å²) in [6.45, 7) is 1.80. The number of nitrogens with zero attached hydrogens (tertiary/aromatic N) is 1. The molecule has 3 rings (SSSR count). The number of rotatable bonds is 8. The van der Waals surface area contributed by atoms with Crippen molar-refractivity contribution in [3.63, 3.8) is 0 Å². The fourth-order valence-corrected chi connectivity index (χ4v) is 3.42. The fraction of sp³-hybridized carbons (Fsp3) is 0.154. The molecule has 7 heteroatoms. The van der Waals surface area contributed by atoms with Crippen molar-refractivity contribution in [2.45, 2.75) is 19.6 Å².